The minimum Gasteiger partial charge on any atom is -0.309 e. The van der Waals surface area contributed by atoms with E-state index in [9.17, 15) is 0 Å². The molecule has 0 radical (unpaired) electrons. The van der Waals surface area contributed by atoms with Crippen molar-refractivity contribution < 1.29 is 0 Å². The molecule has 0 aliphatic heterocycles. The third-order valence-electron chi connectivity index (χ3n) is 4.28. The first-order valence-electron chi connectivity index (χ1n) is 7.67. The van der Waals surface area contributed by atoms with Crippen molar-refractivity contribution in [3.8, 4) is 0 Å². The number of aryl methyl sites for hydroxylation is 1. The number of hydrogen-bond acceptors (Lipinski definition) is 1. The lowest BCUT2D eigenvalue weighted by molar-refractivity contribution is 0.420. The summed E-state index contributed by atoms with van der Waals surface area (Å²) in [6.45, 7) is 3.24. The van der Waals surface area contributed by atoms with Gasteiger partial charge in [-0.3, -0.25) is 0 Å². The van der Waals surface area contributed by atoms with E-state index in [1.807, 2.05) is 0 Å². The second-order valence-electron chi connectivity index (χ2n) is 6.21. The van der Waals surface area contributed by atoms with Crippen molar-refractivity contribution in [1.29, 1.82) is 0 Å². The van der Waals surface area contributed by atoms with Gasteiger partial charge in [0.1, 0.15) is 0 Å². The van der Waals surface area contributed by atoms with Gasteiger partial charge in [-0.2, -0.15) is 0 Å². The average Bonchev–Trinajstić information content (AvgIpc) is 2.84. The van der Waals surface area contributed by atoms with Crippen LogP contribution < -0.4 is 0 Å². The Morgan fingerprint density at radius 3 is 2.32 bits per heavy atom. The summed E-state index contributed by atoms with van der Waals surface area (Å²) < 4.78 is 0. The number of fused-ring (bicyclic) bond motifs is 1. The lowest BCUT2D eigenvalue weighted by atomic mass is 9.97. The average molecular weight is 314 g/mol. The molecule has 0 unspecified atom stereocenters. The number of rotatable bonds is 4. The SMILES string of the molecule is Cc1ccc(C2=C(CCN(C)C)c3ccccc3C2)cc1.Cl. The second-order valence-corrected chi connectivity index (χ2v) is 6.21. The second kappa shape index (κ2) is 7.13. The molecule has 0 spiro atoms. The van der Waals surface area contributed by atoms with E-state index in [-0.39, 0.29) is 12.4 Å². The lowest BCUT2D eigenvalue weighted by Crippen LogP contribution is -2.13. The molecule has 2 heteroatoms. The Morgan fingerprint density at radius 1 is 0.955 bits per heavy atom. The molecule has 1 nitrogen and oxygen atoms in total. The minimum absolute atomic E-state index is 0. The fraction of sp³-hybridized carbons (Fsp3) is 0.300. The van der Waals surface area contributed by atoms with Gasteiger partial charge >= 0.3 is 0 Å². The Morgan fingerprint density at radius 2 is 1.64 bits per heavy atom. The van der Waals surface area contributed by atoms with Crippen molar-refractivity contribution in [2.24, 2.45) is 0 Å². The number of hydrogen-bond donors (Lipinski definition) is 0. The van der Waals surface area contributed by atoms with E-state index in [1.165, 1.54) is 33.4 Å². The summed E-state index contributed by atoms with van der Waals surface area (Å²) in [5.74, 6) is 0. The molecule has 3 rings (SSSR count). The zero-order valence-corrected chi connectivity index (χ0v) is 14.4. The lowest BCUT2D eigenvalue weighted by Gasteiger charge is -2.13. The van der Waals surface area contributed by atoms with E-state index in [4.69, 9.17) is 0 Å². The van der Waals surface area contributed by atoms with E-state index in [0.717, 1.165) is 19.4 Å². The van der Waals surface area contributed by atoms with Gasteiger partial charge in [-0.1, -0.05) is 54.1 Å². The van der Waals surface area contributed by atoms with E-state index >= 15 is 0 Å². The van der Waals surface area contributed by atoms with Crippen molar-refractivity contribution in [2.45, 2.75) is 19.8 Å². The Labute approximate surface area is 140 Å². The summed E-state index contributed by atoms with van der Waals surface area (Å²) in [6, 6.07) is 17.8. The maximum Gasteiger partial charge on any atom is 0.00160 e. The molecule has 0 bridgehead atoms. The molecule has 2 aromatic rings. The summed E-state index contributed by atoms with van der Waals surface area (Å²) in [4.78, 5) is 2.26. The Bertz CT molecular complexity index is 668. The quantitative estimate of drug-likeness (QED) is 0.781. The summed E-state index contributed by atoms with van der Waals surface area (Å²) in [5, 5.41) is 0. The molecule has 0 saturated carbocycles. The zero-order chi connectivity index (χ0) is 14.8. The van der Waals surface area contributed by atoms with Crippen LogP contribution in [0.5, 0.6) is 0 Å². The first-order valence-corrected chi connectivity index (χ1v) is 7.67. The van der Waals surface area contributed by atoms with Crippen LogP contribution in [0.15, 0.2) is 48.5 Å². The monoisotopic (exact) mass is 313 g/mol. The predicted octanol–water partition coefficient (Wildman–Crippen LogP) is 4.84. The van der Waals surface area contributed by atoms with Gasteiger partial charge in [0.25, 0.3) is 0 Å². The first-order chi connectivity index (χ1) is 10.1. The maximum atomic E-state index is 2.28. The highest BCUT2D eigenvalue weighted by Gasteiger charge is 2.21. The van der Waals surface area contributed by atoms with Crippen LogP contribution in [0.1, 0.15) is 28.7 Å². The predicted molar refractivity (Wildman–Crippen MR) is 98.6 cm³/mol. The Balaban J connectivity index is 0.00000176. The van der Waals surface area contributed by atoms with Gasteiger partial charge in [-0.15, -0.1) is 12.4 Å². The van der Waals surface area contributed by atoms with E-state index < -0.39 is 0 Å². The largest absolute Gasteiger partial charge is 0.309 e. The maximum absolute atomic E-state index is 2.28. The molecule has 2 aromatic carbocycles. The molecule has 0 heterocycles. The van der Waals surface area contributed by atoms with Crippen molar-refractivity contribution in [1.82, 2.24) is 4.90 Å². The molecular weight excluding hydrogens is 290 g/mol. The summed E-state index contributed by atoms with van der Waals surface area (Å²) >= 11 is 0. The van der Waals surface area contributed by atoms with Crippen LogP contribution in [-0.2, 0) is 6.42 Å². The summed E-state index contributed by atoms with van der Waals surface area (Å²) in [5.41, 5.74) is 8.67. The zero-order valence-electron chi connectivity index (χ0n) is 13.6. The molecule has 116 valence electrons. The molecule has 0 atom stereocenters. The van der Waals surface area contributed by atoms with Gasteiger partial charge in [0, 0.05) is 6.54 Å². The summed E-state index contributed by atoms with van der Waals surface area (Å²) in [6.07, 6.45) is 2.19. The standard InChI is InChI=1S/C20H23N.ClH/c1-15-8-10-16(11-9-15)20-14-17-6-4-5-7-18(17)19(20)12-13-21(2)3;/h4-11H,12-14H2,1-3H3;1H. The van der Waals surface area contributed by atoms with Crippen molar-refractivity contribution in [2.75, 3.05) is 20.6 Å². The highest BCUT2D eigenvalue weighted by atomic mass is 35.5. The van der Waals surface area contributed by atoms with Crippen LogP contribution in [0.3, 0.4) is 0 Å². The number of halogens is 1. The minimum atomic E-state index is 0. The first kappa shape index (κ1) is 16.8. The molecule has 22 heavy (non-hydrogen) atoms. The molecule has 0 N–H and O–H groups in total. The molecular formula is C20H24ClN. The molecule has 0 amide bonds. The van der Waals surface area contributed by atoms with Crippen LogP contribution >= 0.6 is 12.4 Å². The highest BCUT2D eigenvalue weighted by Crippen LogP contribution is 2.40. The van der Waals surface area contributed by atoms with Gasteiger partial charge in [0.05, 0.1) is 0 Å². The molecule has 0 fully saturated rings. The Hall–Kier alpha value is -1.57. The van der Waals surface area contributed by atoms with Gasteiger partial charge in [0.2, 0.25) is 0 Å². The number of allylic oxidation sites excluding steroid dienone is 1. The number of benzene rings is 2. The smallest absolute Gasteiger partial charge is 0.00160 e. The molecule has 1 aliphatic carbocycles. The van der Waals surface area contributed by atoms with E-state index in [2.05, 4.69) is 74.4 Å². The molecule has 0 aromatic heterocycles. The van der Waals surface area contributed by atoms with Crippen molar-refractivity contribution in [3.63, 3.8) is 0 Å². The van der Waals surface area contributed by atoms with E-state index in [1.54, 1.807) is 0 Å². The van der Waals surface area contributed by atoms with Crippen molar-refractivity contribution >= 4 is 23.6 Å². The van der Waals surface area contributed by atoms with Crippen LogP contribution in [0, 0.1) is 6.92 Å². The fourth-order valence-electron chi connectivity index (χ4n) is 3.08. The third kappa shape index (κ3) is 3.43. The normalized spacial score (nSPS) is 13.3. The topological polar surface area (TPSA) is 3.24 Å². The molecule has 1 aliphatic rings. The van der Waals surface area contributed by atoms with Crippen molar-refractivity contribution in [3.05, 3.63) is 70.8 Å². The highest BCUT2D eigenvalue weighted by molar-refractivity contribution is 5.97. The third-order valence-corrected chi connectivity index (χ3v) is 4.28. The Kier molecular flexibility index (Phi) is 5.44. The molecule has 0 saturated heterocycles. The van der Waals surface area contributed by atoms with Gasteiger partial charge < -0.3 is 4.90 Å². The van der Waals surface area contributed by atoms with Gasteiger partial charge in [0.15, 0.2) is 0 Å². The summed E-state index contributed by atoms with van der Waals surface area (Å²) in [7, 11) is 4.29. The fourth-order valence-corrected chi connectivity index (χ4v) is 3.08. The van der Waals surface area contributed by atoms with Crippen LogP contribution in [0.2, 0.25) is 0 Å². The van der Waals surface area contributed by atoms with Gasteiger partial charge in [-0.05, 0) is 61.7 Å². The number of nitrogens with zero attached hydrogens (tertiary/aromatic N) is 1. The van der Waals surface area contributed by atoms with Gasteiger partial charge in [-0.25, -0.2) is 0 Å². The van der Waals surface area contributed by atoms with Crippen LogP contribution in [0.4, 0.5) is 0 Å². The van der Waals surface area contributed by atoms with Crippen LogP contribution in [-0.4, -0.2) is 25.5 Å². The van der Waals surface area contributed by atoms with Crippen LogP contribution in [0.25, 0.3) is 11.1 Å². The van der Waals surface area contributed by atoms with E-state index in [0.29, 0.717) is 0 Å².